The second-order valence-electron chi connectivity index (χ2n) is 3.22. The molecule has 0 aliphatic rings. The molecule has 0 amide bonds. The van der Waals surface area contributed by atoms with Crippen molar-refractivity contribution >= 4 is 11.8 Å². The molecule has 0 fully saturated rings. The number of methoxy groups -OCH3 is 2. The minimum Gasteiger partial charge on any atom is -0.481 e. The number of hydrogen-bond donors (Lipinski definition) is 1. The number of nitrogens with zero attached hydrogens (tertiary/aromatic N) is 3. The lowest BCUT2D eigenvalue weighted by molar-refractivity contribution is 0.373. The van der Waals surface area contributed by atoms with E-state index in [9.17, 15) is 0 Å². The zero-order valence-electron chi connectivity index (χ0n) is 9.72. The maximum atomic E-state index is 5.03. The Morgan fingerprint density at radius 1 is 1.12 bits per heavy atom. The molecule has 0 spiro atoms. The highest BCUT2D eigenvalue weighted by Crippen LogP contribution is 2.20. The Labute approximate surface area is 97.8 Å². The van der Waals surface area contributed by atoms with Gasteiger partial charge in [-0.3, -0.25) is 0 Å². The molecule has 2 aromatic heterocycles. The number of nitrogens with one attached hydrogen (secondary N) is 1. The molecule has 0 radical (unpaired) electrons. The summed E-state index contributed by atoms with van der Waals surface area (Å²) in [6, 6.07) is 3.31. The summed E-state index contributed by atoms with van der Waals surface area (Å²) in [6.07, 6.45) is 0. The molecule has 0 aliphatic heterocycles. The van der Waals surface area contributed by atoms with E-state index in [1.165, 1.54) is 14.2 Å². The summed E-state index contributed by atoms with van der Waals surface area (Å²) >= 11 is 0. The van der Waals surface area contributed by atoms with Crippen molar-refractivity contribution < 1.29 is 14.0 Å². The molecular weight excluding hydrogens is 224 g/mol. The highest BCUT2D eigenvalue weighted by Gasteiger charge is 2.07. The highest BCUT2D eigenvalue weighted by atomic mass is 16.5. The maximum Gasteiger partial charge on any atom is 0.235 e. The minimum atomic E-state index is 0.328. The lowest BCUT2D eigenvalue weighted by Crippen LogP contribution is -2.01. The molecule has 2 heterocycles. The van der Waals surface area contributed by atoms with Crippen LogP contribution in [0.1, 0.15) is 5.76 Å². The Bertz CT molecular complexity index is 490. The quantitative estimate of drug-likeness (QED) is 0.861. The number of aryl methyl sites for hydroxylation is 1. The van der Waals surface area contributed by atoms with E-state index in [0.29, 0.717) is 29.3 Å². The van der Waals surface area contributed by atoms with Crippen molar-refractivity contribution in [2.75, 3.05) is 19.5 Å². The first-order valence-corrected chi connectivity index (χ1v) is 4.88. The third-order valence-corrected chi connectivity index (χ3v) is 1.97. The second-order valence-corrected chi connectivity index (χ2v) is 3.22. The minimum absolute atomic E-state index is 0.328. The van der Waals surface area contributed by atoms with E-state index in [1.54, 1.807) is 19.1 Å². The largest absolute Gasteiger partial charge is 0.481 e. The first-order chi connectivity index (χ1) is 8.21. The topological polar surface area (TPSA) is 82.3 Å². The molecule has 0 saturated carbocycles. The molecule has 2 aromatic rings. The van der Waals surface area contributed by atoms with Crippen LogP contribution in [0, 0.1) is 6.92 Å². The van der Waals surface area contributed by atoms with Crippen molar-refractivity contribution in [2.45, 2.75) is 6.92 Å². The van der Waals surface area contributed by atoms with Gasteiger partial charge in [0, 0.05) is 6.07 Å². The molecule has 0 bridgehead atoms. The molecule has 0 atom stereocenters. The lowest BCUT2D eigenvalue weighted by Gasteiger charge is -2.05. The molecule has 0 saturated heterocycles. The van der Waals surface area contributed by atoms with E-state index < -0.39 is 0 Å². The van der Waals surface area contributed by atoms with Gasteiger partial charge in [-0.2, -0.15) is 9.97 Å². The Balaban J connectivity index is 2.25. The van der Waals surface area contributed by atoms with Crippen LogP contribution in [0.4, 0.5) is 11.8 Å². The summed E-state index contributed by atoms with van der Waals surface area (Å²) in [4.78, 5) is 8.20. The standard InChI is InChI=1S/C10H12N4O3/c1-6-4-7(14-17-6)11-10-12-8(15-2)5-9(13-10)16-3/h4-5H,1-3H3,(H,11,12,13,14). The number of aromatic nitrogens is 3. The van der Waals surface area contributed by atoms with Crippen molar-refractivity contribution in [3.05, 3.63) is 17.9 Å². The summed E-state index contributed by atoms with van der Waals surface area (Å²) in [6.45, 7) is 1.80. The molecular formula is C10H12N4O3. The number of rotatable bonds is 4. The SMILES string of the molecule is COc1cc(OC)nc(Nc2cc(C)on2)n1. The molecule has 0 aromatic carbocycles. The summed E-state index contributed by atoms with van der Waals surface area (Å²) in [5.41, 5.74) is 0. The Morgan fingerprint density at radius 2 is 1.76 bits per heavy atom. The monoisotopic (exact) mass is 236 g/mol. The van der Waals surface area contributed by atoms with E-state index in [0.717, 1.165) is 0 Å². The van der Waals surface area contributed by atoms with Gasteiger partial charge in [-0.25, -0.2) is 0 Å². The molecule has 0 aliphatic carbocycles. The van der Waals surface area contributed by atoms with Crippen LogP contribution < -0.4 is 14.8 Å². The zero-order valence-corrected chi connectivity index (χ0v) is 9.72. The molecule has 90 valence electrons. The van der Waals surface area contributed by atoms with Gasteiger partial charge in [0.05, 0.1) is 20.3 Å². The summed E-state index contributed by atoms with van der Waals surface area (Å²) in [5, 5.41) is 6.66. The van der Waals surface area contributed by atoms with Crippen LogP contribution in [0.2, 0.25) is 0 Å². The average molecular weight is 236 g/mol. The van der Waals surface area contributed by atoms with Gasteiger partial charge in [-0.15, -0.1) is 0 Å². The van der Waals surface area contributed by atoms with E-state index in [1.807, 2.05) is 0 Å². The van der Waals surface area contributed by atoms with Crippen LogP contribution in [0.5, 0.6) is 11.8 Å². The van der Waals surface area contributed by atoms with Crippen LogP contribution in [0.15, 0.2) is 16.7 Å². The first kappa shape index (κ1) is 11.2. The van der Waals surface area contributed by atoms with Crippen molar-refractivity contribution in [1.82, 2.24) is 15.1 Å². The van der Waals surface area contributed by atoms with Gasteiger partial charge in [0.2, 0.25) is 17.7 Å². The number of hydrogen-bond acceptors (Lipinski definition) is 7. The zero-order chi connectivity index (χ0) is 12.3. The van der Waals surface area contributed by atoms with Gasteiger partial charge in [-0.05, 0) is 6.92 Å². The van der Waals surface area contributed by atoms with Crippen LogP contribution in [0.25, 0.3) is 0 Å². The van der Waals surface area contributed by atoms with Gasteiger partial charge in [0.15, 0.2) is 5.82 Å². The summed E-state index contributed by atoms with van der Waals surface area (Å²) in [5.74, 6) is 2.36. The van der Waals surface area contributed by atoms with Crippen LogP contribution in [-0.2, 0) is 0 Å². The van der Waals surface area contributed by atoms with E-state index in [-0.39, 0.29) is 0 Å². The molecule has 7 heteroatoms. The smallest absolute Gasteiger partial charge is 0.235 e. The predicted octanol–water partition coefficient (Wildman–Crippen LogP) is 1.53. The molecule has 7 nitrogen and oxygen atoms in total. The summed E-state index contributed by atoms with van der Waals surface area (Å²) in [7, 11) is 3.04. The van der Waals surface area contributed by atoms with Crippen molar-refractivity contribution in [3.8, 4) is 11.8 Å². The molecule has 17 heavy (non-hydrogen) atoms. The fourth-order valence-corrected chi connectivity index (χ4v) is 1.21. The third kappa shape index (κ3) is 2.63. The predicted molar refractivity (Wildman–Crippen MR) is 59.7 cm³/mol. The van der Waals surface area contributed by atoms with Gasteiger partial charge >= 0.3 is 0 Å². The first-order valence-electron chi connectivity index (χ1n) is 4.88. The number of anilines is 2. The molecule has 0 unspecified atom stereocenters. The summed E-state index contributed by atoms with van der Waals surface area (Å²) < 4.78 is 15.0. The normalized spacial score (nSPS) is 10.1. The third-order valence-electron chi connectivity index (χ3n) is 1.97. The fraction of sp³-hybridized carbons (Fsp3) is 0.300. The Morgan fingerprint density at radius 3 is 2.24 bits per heavy atom. The van der Waals surface area contributed by atoms with Crippen molar-refractivity contribution in [1.29, 1.82) is 0 Å². The Kier molecular flexibility index (Phi) is 3.08. The number of ether oxygens (including phenoxy) is 2. The van der Waals surface area contributed by atoms with Crippen LogP contribution in [0.3, 0.4) is 0 Å². The molecule has 1 N–H and O–H groups in total. The van der Waals surface area contributed by atoms with Crippen molar-refractivity contribution in [3.63, 3.8) is 0 Å². The van der Waals surface area contributed by atoms with Crippen LogP contribution >= 0.6 is 0 Å². The molecule has 2 rings (SSSR count). The van der Waals surface area contributed by atoms with Gasteiger partial charge in [0.1, 0.15) is 5.76 Å². The van der Waals surface area contributed by atoms with E-state index in [4.69, 9.17) is 14.0 Å². The van der Waals surface area contributed by atoms with Gasteiger partial charge < -0.3 is 19.3 Å². The average Bonchev–Trinajstić information content (AvgIpc) is 2.74. The van der Waals surface area contributed by atoms with Gasteiger partial charge in [0.25, 0.3) is 0 Å². The van der Waals surface area contributed by atoms with Crippen LogP contribution in [-0.4, -0.2) is 29.3 Å². The fourth-order valence-electron chi connectivity index (χ4n) is 1.21. The van der Waals surface area contributed by atoms with Crippen molar-refractivity contribution in [2.24, 2.45) is 0 Å². The second kappa shape index (κ2) is 4.69. The maximum absolute atomic E-state index is 5.03. The Hall–Kier alpha value is -2.31. The highest BCUT2D eigenvalue weighted by molar-refractivity contribution is 5.48. The van der Waals surface area contributed by atoms with E-state index >= 15 is 0 Å². The lowest BCUT2D eigenvalue weighted by atomic mass is 10.5. The van der Waals surface area contributed by atoms with E-state index in [2.05, 4.69) is 20.4 Å². The van der Waals surface area contributed by atoms with Gasteiger partial charge in [-0.1, -0.05) is 5.16 Å².